The molecule has 3 rings (SSSR count). The van der Waals surface area contributed by atoms with Crippen LogP contribution >= 0.6 is 11.6 Å². The Hall–Kier alpha value is -3.36. The van der Waals surface area contributed by atoms with E-state index >= 15 is 0 Å². The molecule has 1 atom stereocenters. The minimum absolute atomic E-state index is 0.00605. The van der Waals surface area contributed by atoms with Crippen molar-refractivity contribution in [3.05, 3.63) is 94.0 Å². The summed E-state index contributed by atoms with van der Waals surface area (Å²) >= 11 is 6.01. The molecule has 2 amide bonds. The van der Waals surface area contributed by atoms with Gasteiger partial charge in [0.1, 0.15) is 12.6 Å². The summed E-state index contributed by atoms with van der Waals surface area (Å²) in [6.07, 6.45) is 0. The number of anilines is 1. The fourth-order valence-electron chi connectivity index (χ4n) is 4.09. The van der Waals surface area contributed by atoms with Gasteiger partial charge in [-0.1, -0.05) is 47.5 Å². The van der Waals surface area contributed by atoms with Gasteiger partial charge < -0.3 is 10.2 Å². The molecular weight excluding hydrogens is 546 g/mol. The van der Waals surface area contributed by atoms with Crippen molar-refractivity contribution in [3.63, 3.8) is 0 Å². The van der Waals surface area contributed by atoms with Crippen molar-refractivity contribution >= 4 is 39.1 Å². The number of carbonyl (C=O) groups is 2. The average Bonchev–Trinajstić information content (AvgIpc) is 2.87. The van der Waals surface area contributed by atoms with Crippen LogP contribution in [0.5, 0.6) is 0 Å². The maximum Gasteiger partial charge on any atom is 0.264 e. The van der Waals surface area contributed by atoms with Crippen LogP contribution in [0.15, 0.2) is 71.6 Å². The summed E-state index contributed by atoms with van der Waals surface area (Å²) in [7, 11) is -4.16. The average molecular weight is 584 g/mol. The Morgan fingerprint density at radius 2 is 1.50 bits per heavy atom. The van der Waals surface area contributed by atoms with Gasteiger partial charge in [-0.15, -0.1) is 0 Å². The lowest BCUT2D eigenvalue weighted by molar-refractivity contribution is -0.140. The molecule has 0 spiro atoms. The maximum atomic E-state index is 14.0. The summed E-state index contributed by atoms with van der Waals surface area (Å²) in [4.78, 5) is 28.6. The van der Waals surface area contributed by atoms with E-state index in [1.807, 2.05) is 71.9 Å². The Balaban J connectivity index is 2.06. The Morgan fingerprint density at radius 1 is 0.900 bits per heavy atom. The van der Waals surface area contributed by atoms with Crippen LogP contribution in [0, 0.1) is 20.8 Å². The van der Waals surface area contributed by atoms with Gasteiger partial charge in [-0.05, 0) is 102 Å². The van der Waals surface area contributed by atoms with Crippen LogP contribution in [-0.2, 0) is 26.2 Å². The lowest BCUT2D eigenvalue weighted by atomic mass is 10.1. The van der Waals surface area contributed by atoms with Gasteiger partial charge in [-0.2, -0.15) is 0 Å². The summed E-state index contributed by atoms with van der Waals surface area (Å²) < 4.78 is 28.9. The predicted octanol–water partition coefficient (Wildman–Crippen LogP) is 5.79. The summed E-state index contributed by atoms with van der Waals surface area (Å²) in [6.45, 7) is 12.7. The second kappa shape index (κ2) is 12.4. The van der Waals surface area contributed by atoms with Gasteiger partial charge in [0, 0.05) is 17.1 Å². The molecule has 0 aliphatic carbocycles. The molecule has 0 fully saturated rings. The molecule has 3 aromatic carbocycles. The minimum Gasteiger partial charge on any atom is -0.350 e. The van der Waals surface area contributed by atoms with E-state index in [2.05, 4.69) is 5.32 Å². The van der Waals surface area contributed by atoms with Crippen LogP contribution in [0.4, 0.5) is 5.69 Å². The first-order valence-electron chi connectivity index (χ1n) is 13.1. The lowest BCUT2D eigenvalue weighted by Gasteiger charge is -2.33. The van der Waals surface area contributed by atoms with Crippen LogP contribution in [0.25, 0.3) is 0 Å². The van der Waals surface area contributed by atoms with Crippen LogP contribution in [0.1, 0.15) is 49.9 Å². The van der Waals surface area contributed by atoms with E-state index in [0.29, 0.717) is 10.7 Å². The second-order valence-corrected chi connectivity index (χ2v) is 13.5. The molecule has 0 unspecified atom stereocenters. The van der Waals surface area contributed by atoms with Crippen LogP contribution < -0.4 is 9.62 Å². The first-order chi connectivity index (χ1) is 18.6. The summed E-state index contributed by atoms with van der Waals surface area (Å²) in [6, 6.07) is 17.9. The zero-order chi connectivity index (χ0) is 29.8. The van der Waals surface area contributed by atoms with E-state index in [-0.39, 0.29) is 17.3 Å². The van der Waals surface area contributed by atoms with E-state index in [1.165, 1.54) is 29.2 Å². The summed E-state index contributed by atoms with van der Waals surface area (Å²) in [5, 5.41) is 3.33. The van der Waals surface area contributed by atoms with Crippen molar-refractivity contribution < 1.29 is 18.0 Å². The van der Waals surface area contributed by atoms with Crippen molar-refractivity contribution in [1.29, 1.82) is 0 Å². The fraction of sp³-hybridized carbons (Fsp3) is 0.355. The predicted molar refractivity (Wildman–Crippen MR) is 161 cm³/mol. The Labute approximate surface area is 243 Å². The highest BCUT2D eigenvalue weighted by Gasteiger charge is 2.33. The first kappa shape index (κ1) is 31.2. The Kier molecular flexibility index (Phi) is 9.69. The first-order valence-corrected chi connectivity index (χ1v) is 14.9. The zero-order valence-electron chi connectivity index (χ0n) is 24.2. The molecule has 3 aromatic rings. The lowest BCUT2D eigenvalue weighted by Crippen LogP contribution is -2.54. The number of hydrogen-bond donors (Lipinski definition) is 1. The molecule has 0 aliphatic heterocycles. The highest BCUT2D eigenvalue weighted by molar-refractivity contribution is 7.92. The van der Waals surface area contributed by atoms with Gasteiger partial charge in [-0.25, -0.2) is 8.42 Å². The summed E-state index contributed by atoms with van der Waals surface area (Å²) in [5.41, 5.74) is 3.62. The molecule has 9 heteroatoms. The van der Waals surface area contributed by atoms with Gasteiger partial charge in [0.15, 0.2) is 0 Å². The fourth-order valence-corrected chi connectivity index (χ4v) is 5.62. The SMILES string of the molecule is Cc1ccc(CN(C(=O)CN(c2ccc(C)c(C)c2)S(=O)(=O)c2ccc(Cl)cc2)[C@@H](C)C(=O)NC(C)(C)C)cc1. The van der Waals surface area contributed by atoms with Crippen molar-refractivity contribution in [2.24, 2.45) is 0 Å². The molecule has 0 bridgehead atoms. The van der Waals surface area contributed by atoms with Crippen molar-refractivity contribution in [2.45, 2.75) is 71.5 Å². The molecule has 214 valence electrons. The van der Waals surface area contributed by atoms with E-state index in [4.69, 9.17) is 11.6 Å². The van der Waals surface area contributed by atoms with Crippen LogP contribution in [-0.4, -0.2) is 43.3 Å². The number of hydrogen-bond acceptors (Lipinski definition) is 4. The third kappa shape index (κ3) is 7.86. The molecule has 0 saturated carbocycles. The zero-order valence-corrected chi connectivity index (χ0v) is 25.7. The smallest absolute Gasteiger partial charge is 0.264 e. The van der Waals surface area contributed by atoms with Crippen molar-refractivity contribution in [2.75, 3.05) is 10.8 Å². The summed E-state index contributed by atoms with van der Waals surface area (Å²) in [5.74, 6) is -0.834. The number of nitrogens with one attached hydrogen (secondary N) is 1. The number of benzene rings is 3. The Morgan fingerprint density at radius 3 is 2.05 bits per heavy atom. The topological polar surface area (TPSA) is 86.8 Å². The highest BCUT2D eigenvalue weighted by atomic mass is 35.5. The monoisotopic (exact) mass is 583 g/mol. The van der Waals surface area contributed by atoms with Gasteiger partial charge in [0.25, 0.3) is 10.0 Å². The number of aryl methyl sites for hydroxylation is 3. The molecule has 0 aliphatic rings. The number of carbonyl (C=O) groups excluding carboxylic acids is 2. The molecule has 0 aromatic heterocycles. The number of sulfonamides is 1. The Bertz CT molecular complexity index is 1460. The number of rotatable bonds is 9. The molecule has 1 N–H and O–H groups in total. The maximum absolute atomic E-state index is 14.0. The van der Waals surface area contributed by atoms with E-state index in [1.54, 1.807) is 19.1 Å². The minimum atomic E-state index is -4.16. The third-order valence-electron chi connectivity index (χ3n) is 6.60. The van der Waals surface area contributed by atoms with E-state index < -0.39 is 34.1 Å². The van der Waals surface area contributed by atoms with Crippen molar-refractivity contribution in [1.82, 2.24) is 10.2 Å². The highest BCUT2D eigenvalue weighted by Crippen LogP contribution is 2.27. The van der Waals surface area contributed by atoms with Gasteiger partial charge in [-0.3, -0.25) is 13.9 Å². The van der Waals surface area contributed by atoms with Crippen molar-refractivity contribution in [3.8, 4) is 0 Å². The molecule has 40 heavy (non-hydrogen) atoms. The standard InChI is InChI=1S/C31H38ClN3O4S/c1-21-8-11-25(12-9-21)19-34(24(4)30(37)33-31(5,6)7)29(36)20-35(27-15-10-22(2)23(3)18-27)40(38,39)28-16-13-26(32)14-17-28/h8-18,24H,19-20H2,1-7H3,(H,33,37)/t24-/m0/s1. The number of amides is 2. The van der Waals surface area contributed by atoms with Crippen LogP contribution in [0.3, 0.4) is 0 Å². The second-order valence-electron chi connectivity index (χ2n) is 11.2. The third-order valence-corrected chi connectivity index (χ3v) is 8.64. The number of nitrogens with zero attached hydrogens (tertiary/aromatic N) is 2. The van der Waals surface area contributed by atoms with Gasteiger partial charge in [0.05, 0.1) is 10.6 Å². The quantitative estimate of drug-likeness (QED) is 0.345. The molecule has 0 heterocycles. The molecule has 0 saturated heterocycles. The molecule has 0 radical (unpaired) electrons. The normalized spacial score (nSPS) is 12.5. The van der Waals surface area contributed by atoms with Gasteiger partial charge in [0.2, 0.25) is 11.8 Å². The van der Waals surface area contributed by atoms with Gasteiger partial charge >= 0.3 is 0 Å². The van der Waals surface area contributed by atoms with Crippen LogP contribution in [0.2, 0.25) is 5.02 Å². The molecular formula is C31H38ClN3O4S. The number of halogens is 1. The van der Waals surface area contributed by atoms with E-state index in [9.17, 15) is 18.0 Å². The van der Waals surface area contributed by atoms with E-state index in [0.717, 1.165) is 26.6 Å². The largest absolute Gasteiger partial charge is 0.350 e. The molecule has 7 nitrogen and oxygen atoms in total.